The van der Waals surface area contributed by atoms with Crippen LogP contribution in [0.15, 0.2) is 17.1 Å². The lowest BCUT2D eigenvalue weighted by Gasteiger charge is -2.37. The summed E-state index contributed by atoms with van der Waals surface area (Å²) in [5.41, 5.74) is 0. The molecule has 1 N–H and O–H groups in total. The van der Waals surface area contributed by atoms with Crippen LogP contribution in [0.1, 0.15) is 65.7 Å². The van der Waals surface area contributed by atoms with Gasteiger partial charge in [0.05, 0.1) is 25.8 Å². The van der Waals surface area contributed by atoms with Crippen LogP contribution in [0.25, 0.3) is 0 Å². The number of unbranched alkanes of at least 4 members (excludes halogenated alkanes) is 5. The largest absolute Gasteiger partial charge is 0.351 e. The lowest BCUT2D eigenvalue weighted by atomic mass is 10.1. The van der Waals surface area contributed by atoms with Crippen LogP contribution in [0.5, 0.6) is 0 Å². The van der Waals surface area contributed by atoms with Gasteiger partial charge in [0, 0.05) is 13.3 Å². The smallest absolute Gasteiger partial charge is 0.217 e. The van der Waals surface area contributed by atoms with Crippen LogP contribution < -0.4 is 5.32 Å². The number of hydrogen-bond donors (Lipinski definition) is 1. The van der Waals surface area contributed by atoms with Crippen LogP contribution in [0.2, 0.25) is 0 Å². The quantitative estimate of drug-likeness (QED) is 0.332. The Morgan fingerprint density at radius 3 is 2.74 bits per heavy atom. The number of aliphatic imine (C=N–C) groups is 1. The fourth-order valence-electron chi connectivity index (χ4n) is 3.27. The molecule has 2 atom stereocenters. The molecule has 1 amide bonds. The molecule has 1 aliphatic heterocycles. The van der Waals surface area contributed by atoms with Gasteiger partial charge >= 0.3 is 0 Å². The molecule has 0 saturated carbocycles. The highest BCUT2D eigenvalue weighted by Gasteiger charge is 2.36. The van der Waals surface area contributed by atoms with Crippen LogP contribution in [0.4, 0.5) is 0 Å². The highest BCUT2D eigenvalue weighted by molar-refractivity contribution is 5.72. The minimum absolute atomic E-state index is 0.0545. The summed E-state index contributed by atoms with van der Waals surface area (Å²) < 4.78 is 0.973. The predicted molar refractivity (Wildman–Crippen MR) is 98.6 cm³/mol. The molecule has 1 rings (SSSR count). The lowest BCUT2D eigenvalue weighted by molar-refractivity contribution is -0.934. The van der Waals surface area contributed by atoms with Gasteiger partial charge in [-0.2, -0.15) is 0 Å². The third-order valence-electron chi connectivity index (χ3n) is 4.90. The zero-order valence-corrected chi connectivity index (χ0v) is 15.4. The highest BCUT2D eigenvalue weighted by atomic mass is 16.1. The summed E-state index contributed by atoms with van der Waals surface area (Å²) in [4.78, 5) is 15.8. The minimum atomic E-state index is 0.0545. The summed E-state index contributed by atoms with van der Waals surface area (Å²) in [5, 5.41) is 2.92. The summed E-state index contributed by atoms with van der Waals surface area (Å²) in [5.74, 6) is 0.0545. The lowest BCUT2D eigenvalue weighted by Crippen LogP contribution is -2.55. The normalized spacial score (nSPS) is 23.7. The number of quaternary nitrogens is 1. The fraction of sp³-hybridized carbons (Fsp3) is 0.789. The second-order valence-electron chi connectivity index (χ2n) is 6.65. The van der Waals surface area contributed by atoms with E-state index >= 15 is 0 Å². The Morgan fingerprint density at radius 1 is 1.26 bits per heavy atom. The van der Waals surface area contributed by atoms with E-state index in [2.05, 4.69) is 37.5 Å². The Bertz CT molecular complexity index is 392. The highest BCUT2D eigenvalue weighted by Crippen LogP contribution is 2.22. The van der Waals surface area contributed by atoms with Gasteiger partial charge in [-0.15, -0.1) is 0 Å². The molecule has 0 spiro atoms. The van der Waals surface area contributed by atoms with Crippen LogP contribution in [-0.4, -0.2) is 48.9 Å². The first-order valence-corrected chi connectivity index (χ1v) is 9.41. The standard InChI is InChI=1S/C19H35N3O/c1-4-6-7-8-9-10-11-12-13-19-21-15-17-22(19,5-2)16-14-20-18(3)23/h11-12,15,19H,4-10,13-14,16-17H2,1-3H3/p+1/b12-11+. The van der Waals surface area contributed by atoms with Crippen molar-refractivity contribution in [3.63, 3.8) is 0 Å². The van der Waals surface area contributed by atoms with Crippen molar-refractivity contribution in [3.05, 3.63) is 12.2 Å². The van der Waals surface area contributed by atoms with E-state index in [1.807, 2.05) is 0 Å². The molecule has 132 valence electrons. The molecule has 23 heavy (non-hydrogen) atoms. The third-order valence-corrected chi connectivity index (χ3v) is 4.90. The molecule has 0 saturated heterocycles. The molecule has 0 fully saturated rings. The van der Waals surface area contributed by atoms with Crippen LogP contribution >= 0.6 is 0 Å². The fourth-order valence-corrected chi connectivity index (χ4v) is 3.27. The van der Waals surface area contributed by atoms with Gasteiger partial charge in [0.15, 0.2) is 6.17 Å². The number of carbonyl (C=O) groups is 1. The molecule has 1 heterocycles. The van der Waals surface area contributed by atoms with Crippen molar-refractivity contribution in [2.75, 3.05) is 26.2 Å². The van der Waals surface area contributed by atoms with Crippen molar-refractivity contribution in [2.24, 2.45) is 4.99 Å². The van der Waals surface area contributed by atoms with E-state index in [-0.39, 0.29) is 5.91 Å². The van der Waals surface area contributed by atoms with Gasteiger partial charge in [-0.3, -0.25) is 9.28 Å². The molecule has 2 unspecified atom stereocenters. The van der Waals surface area contributed by atoms with Crippen LogP contribution in [0, 0.1) is 0 Å². The molecule has 0 aromatic carbocycles. The van der Waals surface area contributed by atoms with Crippen molar-refractivity contribution < 1.29 is 9.28 Å². The van der Waals surface area contributed by atoms with E-state index in [9.17, 15) is 4.79 Å². The minimum Gasteiger partial charge on any atom is -0.351 e. The van der Waals surface area contributed by atoms with Gasteiger partial charge in [0.25, 0.3) is 0 Å². The number of amides is 1. The van der Waals surface area contributed by atoms with Gasteiger partial charge in [-0.1, -0.05) is 44.8 Å². The van der Waals surface area contributed by atoms with E-state index in [0.29, 0.717) is 6.17 Å². The van der Waals surface area contributed by atoms with Gasteiger partial charge in [-0.25, -0.2) is 4.99 Å². The van der Waals surface area contributed by atoms with Crippen molar-refractivity contribution in [2.45, 2.75) is 71.9 Å². The molecule has 0 aromatic rings. The Kier molecular flexibility index (Phi) is 9.85. The maximum atomic E-state index is 11.1. The second-order valence-corrected chi connectivity index (χ2v) is 6.65. The Hall–Kier alpha value is -1.16. The molecule has 4 heteroatoms. The molecule has 1 aliphatic rings. The number of hydrogen-bond acceptors (Lipinski definition) is 2. The molecular formula is C19H36N3O+. The summed E-state index contributed by atoms with van der Waals surface area (Å²) in [6.45, 7) is 9.83. The Morgan fingerprint density at radius 2 is 2.04 bits per heavy atom. The maximum Gasteiger partial charge on any atom is 0.217 e. The number of carbonyl (C=O) groups excluding carboxylic acids is 1. The zero-order chi connectivity index (χ0) is 17.0. The average molecular weight is 323 g/mol. The molecule has 0 aromatic heterocycles. The Labute approximate surface area is 142 Å². The first kappa shape index (κ1) is 19.9. The molecular weight excluding hydrogens is 286 g/mol. The molecule has 4 nitrogen and oxygen atoms in total. The van der Waals surface area contributed by atoms with Crippen LogP contribution in [0.3, 0.4) is 0 Å². The van der Waals surface area contributed by atoms with Gasteiger partial charge in [0.1, 0.15) is 6.54 Å². The van der Waals surface area contributed by atoms with E-state index in [4.69, 9.17) is 4.99 Å². The number of likely N-dealkylation sites (N-methyl/N-ethyl adjacent to an activating group) is 1. The molecule has 0 bridgehead atoms. The van der Waals surface area contributed by atoms with Crippen LogP contribution in [-0.2, 0) is 4.79 Å². The number of allylic oxidation sites excluding steroid dienone is 1. The predicted octanol–water partition coefficient (Wildman–Crippen LogP) is 3.68. The maximum absolute atomic E-state index is 11.1. The van der Waals surface area contributed by atoms with E-state index in [1.165, 1.54) is 38.5 Å². The summed E-state index contributed by atoms with van der Waals surface area (Å²) in [7, 11) is 0. The van der Waals surface area contributed by atoms with Crippen molar-refractivity contribution in [1.82, 2.24) is 5.32 Å². The average Bonchev–Trinajstić information content (AvgIpc) is 2.93. The third kappa shape index (κ3) is 7.30. The number of nitrogens with one attached hydrogen (secondary N) is 1. The number of nitrogens with zero attached hydrogens (tertiary/aromatic N) is 2. The first-order valence-electron chi connectivity index (χ1n) is 9.41. The SMILES string of the molecule is CCCCCCC/C=C/CC1N=CC[N+]1(CC)CCNC(C)=O. The van der Waals surface area contributed by atoms with Gasteiger partial charge in [0.2, 0.25) is 5.91 Å². The number of rotatable bonds is 12. The van der Waals surface area contributed by atoms with E-state index in [1.54, 1.807) is 6.92 Å². The first-order chi connectivity index (χ1) is 11.1. The Balaban J connectivity index is 2.32. The van der Waals surface area contributed by atoms with Gasteiger partial charge < -0.3 is 5.32 Å². The molecule has 0 aliphatic carbocycles. The summed E-state index contributed by atoms with van der Waals surface area (Å²) >= 11 is 0. The van der Waals surface area contributed by atoms with Gasteiger partial charge in [-0.05, 0) is 19.8 Å². The summed E-state index contributed by atoms with van der Waals surface area (Å²) in [6.07, 6.45) is 16.0. The topological polar surface area (TPSA) is 41.5 Å². The van der Waals surface area contributed by atoms with E-state index < -0.39 is 0 Å². The monoisotopic (exact) mass is 322 g/mol. The van der Waals surface area contributed by atoms with Crippen molar-refractivity contribution >= 4 is 12.1 Å². The summed E-state index contributed by atoms with van der Waals surface area (Å²) in [6, 6.07) is 0. The van der Waals surface area contributed by atoms with Crippen molar-refractivity contribution in [3.8, 4) is 0 Å². The van der Waals surface area contributed by atoms with E-state index in [0.717, 1.165) is 37.1 Å². The zero-order valence-electron chi connectivity index (χ0n) is 15.4. The molecule has 0 radical (unpaired) electrons. The second kappa shape index (κ2) is 11.4. The van der Waals surface area contributed by atoms with Crippen molar-refractivity contribution in [1.29, 1.82) is 0 Å².